The third-order valence-corrected chi connectivity index (χ3v) is 3.89. The third kappa shape index (κ3) is 7.67. The molecule has 1 heterocycles. The number of hydrogen-bond acceptors (Lipinski definition) is 4. The van der Waals surface area contributed by atoms with Crippen LogP contribution in [0.2, 0.25) is 0 Å². The highest BCUT2D eigenvalue weighted by Gasteiger charge is 2.09. The summed E-state index contributed by atoms with van der Waals surface area (Å²) in [6.07, 6.45) is 1.10. The van der Waals surface area contributed by atoms with Crippen molar-refractivity contribution in [3.8, 4) is 5.75 Å². The van der Waals surface area contributed by atoms with Crippen LogP contribution in [0.1, 0.15) is 12.0 Å². The highest BCUT2D eigenvalue weighted by atomic mass is 127. The Morgan fingerprint density at radius 1 is 1.21 bits per heavy atom. The van der Waals surface area contributed by atoms with Crippen LogP contribution >= 0.6 is 24.0 Å². The van der Waals surface area contributed by atoms with Gasteiger partial charge in [-0.25, -0.2) is 0 Å². The minimum atomic E-state index is 0. The molecule has 0 saturated carbocycles. The van der Waals surface area contributed by atoms with E-state index in [0.29, 0.717) is 0 Å². The van der Waals surface area contributed by atoms with Gasteiger partial charge in [0, 0.05) is 33.2 Å². The third-order valence-electron chi connectivity index (χ3n) is 3.89. The summed E-state index contributed by atoms with van der Waals surface area (Å²) in [6.45, 7) is 6.57. The van der Waals surface area contributed by atoms with Crippen molar-refractivity contribution in [3.63, 3.8) is 0 Å². The second kappa shape index (κ2) is 12.3. The molecule has 1 aromatic carbocycles. The molecule has 0 unspecified atom stereocenters. The first-order chi connectivity index (χ1) is 11.3. The molecule has 0 aliphatic carbocycles. The van der Waals surface area contributed by atoms with Crippen LogP contribution in [0.5, 0.6) is 5.75 Å². The van der Waals surface area contributed by atoms with Crippen LogP contribution in [0.25, 0.3) is 0 Å². The van der Waals surface area contributed by atoms with Crippen molar-refractivity contribution >= 4 is 29.9 Å². The Kier molecular flexibility index (Phi) is 10.8. The van der Waals surface area contributed by atoms with Gasteiger partial charge in [0.15, 0.2) is 5.96 Å². The van der Waals surface area contributed by atoms with E-state index in [1.165, 1.54) is 5.56 Å². The Hall–Kier alpha value is -1.06. The van der Waals surface area contributed by atoms with Gasteiger partial charge in [0.2, 0.25) is 0 Å². The zero-order valence-electron chi connectivity index (χ0n) is 14.6. The summed E-state index contributed by atoms with van der Waals surface area (Å²) in [5.41, 5.74) is 1.20. The largest absolute Gasteiger partial charge is 0.497 e. The molecule has 6 nitrogen and oxygen atoms in total. The van der Waals surface area contributed by atoms with Gasteiger partial charge in [-0.1, -0.05) is 12.1 Å². The lowest BCUT2D eigenvalue weighted by Crippen LogP contribution is -2.40. The van der Waals surface area contributed by atoms with Crippen molar-refractivity contribution in [1.29, 1.82) is 0 Å². The average molecular weight is 448 g/mol. The number of rotatable bonds is 7. The number of ether oxygens (including phenoxy) is 2. The Morgan fingerprint density at radius 2 is 1.92 bits per heavy atom. The van der Waals surface area contributed by atoms with E-state index in [2.05, 4.69) is 32.7 Å². The Balaban J connectivity index is 0.00000288. The molecular formula is C17H29IN4O2. The number of benzene rings is 1. The van der Waals surface area contributed by atoms with Gasteiger partial charge in [0.05, 0.1) is 20.3 Å². The van der Waals surface area contributed by atoms with Crippen LogP contribution < -0.4 is 15.4 Å². The first-order valence-corrected chi connectivity index (χ1v) is 8.19. The van der Waals surface area contributed by atoms with Gasteiger partial charge >= 0.3 is 0 Å². The van der Waals surface area contributed by atoms with Gasteiger partial charge in [0.25, 0.3) is 0 Å². The van der Waals surface area contributed by atoms with Gasteiger partial charge in [-0.3, -0.25) is 9.89 Å². The predicted molar refractivity (Wildman–Crippen MR) is 108 cm³/mol. The first-order valence-electron chi connectivity index (χ1n) is 8.19. The van der Waals surface area contributed by atoms with Gasteiger partial charge < -0.3 is 20.1 Å². The highest BCUT2D eigenvalue weighted by molar-refractivity contribution is 14.0. The zero-order valence-corrected chi connectivity index (χ0v) is 16.9. The number of hydrogen-bond donors (Lipinski definition) is 2. The van der Waals surface area contributed by atoms with E-state index in [-0.39, 0.29) is 24.0 Å². The monoisotopic (exact) mass is 448 g/mol. The van der Waals surface area contributed by atoms with E-state index in [1.54, 1.807) is 14.2 Å². The molecular weight excluding hydrogens is 419 g/mol. The topological polar surface area (TPSA) is 58.1 Å². The lowest BCUT2D eigenvalue weighted by molar-refractivity contribution is 0.0376. The number of aliphatic imine (C=N–C) groups is 1. The maximum atomic E-state index is 5.36. The van der Waals surface area contributed by atoms with Gasteiger partial charge in [-0.15, -0.1) is 24.0 Å². The maximum Gasteiger partial charge on any atom is 0.191 e. The summed E-state index contributed by atoms with van der Waals surface area (Å²) >= 11 is 0. The molecule has 0 radical (unpaired) electrons. The van der Waals surface area contributed by atoms with Crippen LogP contribution in [-0.2, 0) is 11.3 Å². The van der Waals surface area contributed by atoms with Crippen LogP contribution in [0, 0.1) is 0 Å². The molecule has 2 N–H and O–H groups in total. The number of nitrogens with zero attached hydrogens (tertiary/aromatic N) is 2. The molecule has 7 heteroatoms. The number of guanidine groups is 1. The zero-order chi connectivity index (χ0) is 16.3. The Labute approximate surface area is 162 Å². The van der Waals surface area contributed by atoms with Crippen LogP contribution in [-0.4, -0.2) is 64.4 Å². The minimum Gasteiger partial charge on any atom is -0.497 e. The summed E-state index contributed by atoms with van der Waals surface area (Å²) in [5.74, 6) is 1.71. The molecule has 1 aliphatic rings. The molecule has 136 valence electrons. The second-order valence-corrected chi connectivity index (χ2v) is 5.51. The lowest BCUT2D eigenvalue weighted by Gasteiger charge is -2.26. The van der Waals surface area contributed by atoms with E-state index >= 15 is 0 Å². The molecule has 1 fully saturated rings. The normalized spacial score (nSPS) is 15.5. The fourth-order valence-electron chi connectivity index (χ4n) is 2.48. The van der Waals surface area contributed by atoms with Crippen molar-refractivity contribution in [2.24, 2.45) is 4.99 Å². The molecule has 0 spiro atoms. The molecule has 0 amide bonds. The van der Waals surface area contributed by atoms with E-state index in [4.69, 9.17) is 9.47 Å². The van der Waals surface area contributed by atoms with Crippen molar-refractivity contribution in [1.82, 2.24) is 15.5 Å². The summed E-state index contributed by atoms with van der Waals surface area (Å²) in [5, 5.41) is 6.68. The van der Waals surface area contributed by atoms with E-state index in [1.807, 2.05) is 12.1 Å². The average Bonchev–Trinajstić information content (AvgIpc) is 2.62. The van der Waals surface area contributed by atoms with Gasteiger partial charge in [-0.05, 0) is 30.7 Å². The number of methoxy groups -OCH3 is 1. The molecule has 0 bridgehead atoms. The van der Waals surface area contributed by atoms with Crippen LogP contribution in [0.4, 0.5) is 0 Å². The highest BCUT2D eigenvalue weighted by Crippen LogP contribution is 2.10. The first kappa shape index (κ1) is 21.0. The second-order valence-electron chi connectivity index (χ2n) is 5.51. The van der Waals surface area contributed by atoms with Crippen molar-refractivity contribution < 1.29 is 9.47 Å². The van der Waals surface area contributed by atoms with Crippen LogP contribution in [0.3, 0.4) is 0 Å². The summed E-state index contributed by atoms with van der Waals surface area (Å²) < 4.78 is 10.5. The molecule has 1 aliphatic heterocycles. The molecule has 0 aromatic heterocycles. The standard InChI is InChI=1S/C17H28N4O2.HI/c1-18-17(19-8-3-9-21-10-12-23-13-11-21)20-14-15-4-6-16(22-2)7-5-15;/h4-7H,3,8-14H2,1-2H3,(H2,18,19,20);1H. The minimum absolute atomic E-state index is 0. The number of morpholine rings is 1. The maximum absolute atomic E-state index is 5.36. The van der Waals surface area contributed by atoms with E-state index in [9.17, 15) is 0 Å². The van der Waals surface area contributed by atoms with Crippen molar-refractivity contribution in [2.45, 2.75) is 13.0 Å². The lowest BCUT2D eigenvalue weighted by atomic mass is 10.2. The van der Waals surface area contributed by atoms with E-state index < -0.39 is 0 Å². The molecule has 1 saturated heterocycles. The fourth-order valence-corrected chi connectivity index (χ4v) is 2.48. The summed E-state index contributed by atoms with van der Waals surface area (Å²) in [6, 6.07) is 8.04. The Bertz CT molecular complexity index is 476. The predicted octanol–water partition coefficient (Wildman–Crippen LogP) is 1.70. The molecule has 0 atom stereocenters. The van der Waals surface area contributed by atoms with Gasteiger partial charge in [-0.2, -0.15) is 0 Å². The van der Waals surface area contributed by atoms with Crippen molar-refractivity contribution in [2.75, 3.05) is 53.6 Å². The summed E-state index contributed by atoms with van der Waals surface area (Å²) in [4.78, 5) is 6.70. The van der Waals surface area contributed by atoms with Gasteiger partial charge in [0.1, 0.15) is 5.75 Å². The van der Waals surface area contributed by atoms with Crippen molar-refractivity contribution in [3.05, 3.63) is 29.8 Å². The molecule has 1 aromatic rings. The summed E-state index contributed by atoms with van der Waals surface area (Å²) in [7, 11) is 3.47. The van der Waals surface area contributed by atoms with Crippen LogP contribution in [0.15, 0.2) is 29.3 Å². The fraction of sp³-hybridized carbons (Fsp3) is 0.588. The molecule has 24 heavy (non-hydrogen) atoms. The molecule has 2 rings (SSSR count). The SMILES string of the molecule is CN=C(NCCCN1CCOCC1)NCc1ccc(OC)cc1.I. The number of halogens is 1. The number of nitrogens with one attached hydrogen (secondary N) is 2. The smallest absolute Gasteiger partial charge is 0.191 e. The van der Waals surface area contributed by atoms with E-state index in [0.717, 1.165) is 64.1 Å². The quantitative estimate of drug-likeness (QED) is 0.288. The Morgan fingerprint density at radius 3 is 2.54 bits per heavy atom.